The van der Waals surface area contributed by atoms with Crippen LogP contribution in [0.2, 0.25) is 0 Å². The normalized spacial score (nSPS) is 13.0. The maximum atomic E-state index is 13.1. The number of rotatable bonds is 1. The lowest BCUT2D eigenvalue weighted by atomic mass is 9.82. The molecule has 1 heterocycles. The molecule has 0 unspecified atom stereocenters. The number of thiophene rings is 1. The largest absolute Gasteiger partial charge is 0.289 e. The lowest BCUT2D eigenvalue weighted by molar-refractivity contribution is 0.0980. The number of carbonyl (C=O) groups is 2. The first-order valence-electron chi connectivity index (χ1n) is 8.45. The van der Waals surface area contributed by atoms with Gasteiger partial charge < -0.3 is 0 Å². The lowest BCUT2D eigenvalue weighted by Gasteiger charge is -2.19. The van der Waals surface area contributed by atoms with Gasteiger partial charge in [0.25, 0.3) is 0 Å². The first-order valence-corrected chi connectivity index (χ1v) is 9.33. The number of aryl methyl sites for hydroxylation is 1. The summed E-state index contributed by atoms with van der Waals surface area (Å²) < 4.78 is 0.894. The quantitative estimate of drug-likeness (QED) is 0.390. The number of benzene rings is 3. The Kier molecular flexibility index (Phi) is 3.21. The Morgan fingerprint density at radius 2 is 1.42 bits per heavy atom. The van der Waals surface area contributed by atoms with Gasteiger partial charge >= 0.3 is 0 Å². The van der Waals surface area contributed by atoms with E-state index in [1.807, 2.05) is 17.5 Å². The summed E-state index contributed by atoms with van der Waals surface area (Å²) in [5.41, 5.74) is 5.31. The van der Waals surface area contributed by atoms with Crippen LogP contribution in [-0.4, -0.2) is 11.6 Å². The monoisotopic (exact) mass is 354 g/mol. The molecule has 26 heavy (non-hydrogen) atoms. The van der Waals surface area contributed by atoms with Crippen LogP contribution in [0.25, 0.3) is 21.2 Å². The van der Waals surface area contributed by atoms with Gasteiger partial charge in [-0.05, 0) is 35.6 Å². The van der Waals surface area contributed by atoms with Gasteiger partial charge in [-0.2, -0.15) is 0 Å². The first-order chi connectivity index (χ1) is 12.6. The third kappa shape index (κ3) is 2.04. The maximum absolute atomic E-state index is 13.1. The summed E-state index contributed by atoms with van der Waals surface area (Å²) in [6.07, 6.45) is 0. The Labute approximate surface area is 154 Å². The van der Waals surface area contributed by atoms with Crippen LogP contribution in [0, 0.1) is 6.92 Å². The minimum Gasteiger partial charge on any atom is -0.289 e. The molecule has 2 nitrogen and oxygen atoms in total. The molecular weight excluding hydrogens is 340 g/mol. The Morgan fingerprint density at radius 3 is 2.15 bits per heavy atom. The smallest absolute Gasteiger partial charge is 0.195 e. The van der Waals surface area contributed by atoms with Crippen molar-refractivity contribution < 1.29 is 9.59 Å². The van der Waals surface area contributed by atoms with Gasteiger partial charge in [-0.25, -0.2) is 0 Å². The molecule has 3 aromatic carbocycles. The molecule has 0 saturated carbocycles. The van der Waals surface area contributed by atoms with Crippen molar-refractivity contribution in [2.75, 3.05) is 0 Å². The zero-order chi connectivity index (χ0) is 17.8. The summed E-state index contributed by atoms with van der Waals surface area (Å²) >= 11 is 1.52. The van der Waals surface area contributed by atoms with Gasteiger partial charge in [-0.3, -0.25) is 9.59 Å². The van der Waals surface area contributed by atoms with Crippen molar-refractivity contribution in [1.29, 1.82) is 0 Å². The van der Waals surface area contributed by atoms with E-state index < -0.39 is 0 Å². The van der Waals surface area contributed by atoms with Gasteiger partial charge in [0.2, 0.25) is 0 Å². The fourth-order valence-electron chi connectivity index (χ4n) is 3.67. The van der Waals surface area contributed by atoms with Crippen molar-refractivity contribution in [3.63, 3.8) is 0 Å². The fraction of sp³-hybridized carbons (Fsp3) is 0.0435. The second kappa shape index (κ2) is 5.48. The second-order valence-electron chi connectivity index (χ2n) is 6.58. The summed E-state index contributed by atoms with van der Waals surface area (Å²) in [4.78, 5) is 26.2. The molecule has 0 aliphatic heterocycles. The molecule has 0 fully saturated rings. The van der Waals surface area contributed by atoms with Crippen molar-refractivity contribution >= 4 is 33.0 Å². The number of hydrogen-bond donors (Lipinski definition) is 0. The standard InChI is InChI=1S/C23H14O2S/c1-13-6-8-14(9-7-13)18-12-19-20(23-17(18)10-11-26-23)22(25)16-5-3-2-4-15(16)21(19)24/h2-12H,1H3. The molecule has 5 rings (SSSR count). The van der Waals surface area contributed by atoms with Gasteiger partial charge in [-0.15, -0.1) is 11.3 Å². The van der Waals surface area contributed by atoms with Gasteiger partial charge in [0.15, 0.2) is 11.6 Å². The van der Waals surface area contributed by atoms with E-state index in [4.69, 9.17) is 0 Å². The molecule has 0 saturated heterocycles. The highest BCUT2D eigenvalue weighted by Gasteiger charge is 2.32. The maximum Gasteiger partial charge on any atom is 0.195 e. The first kappa shape index (κ1) is 15.2. The Morgan fingerprint density at radius 1 is 0.731 bits per heavy atom. The molecule has 0 radical (unpaired) electrons. The number of hydrogen-bond acceptors (Lipinski definition) is 3. The molecular formula is C23H14O2S. The van der Waals surface area contributed by atoms with Gasteiger partial charge in [0.1, 0.15) is 0 Å². The van der Waals surface area contributed by atoms with Crippen molar-refractivity contribution in [1.82, 2.24) is 0 Å². The Hall–Kier alpha value is -3.04. The van der Waals surface area contributed by atoms with E-state index in [1.54, 1.807) is 24.3 Å². The molecule has 0 atom stereocenters. The van der Waals surface area contributed by atoms with Gasteiger partial charge in [-0.1, -0.05) is 54.1 Å². The third-order valence-corrected chi connectivity index (χ3v) is 5.92. The van der Waals surface area contributed by atoms with Gasteiger partial charge in [0, 0.05) is 26.8 Å². The molecule has 4 aromatic rings. The summed E-state index contributed by atoms with van der Waals surface area (Å²) in [7, 11) is 0. The molecule has 1 aromatic heterocycles. The average molecular weight is 354 g/mol. The van der Waals surface area contributed by atoms with Crippen molar-refractivity contribution in [3.05, 3.63) is 93.9 Å². The molecule has 1 aliphatic rings. The van der Waals surface area contributed by atoms with E-state index in [-0.39, 0.29) is 11.6 Å². The van der Waals surface area contributed by atoms with E-state index in [0.717, 1.165) is 21.2 Å². The van der Waals surface area contributed by atoms with Crippen LogP contribution in [0.1, 0.15) is 37.4 Å². The van der Waals surface area contributed by atoms with Crippen molar-refractivity contribution in [2.24, 2.45) is 0 Å². The predicted molar refractivity (Wildman–Crippen MR) is 105 cm³/mol. The SMILES string of the molecule is Cc1ccc(-c2cc3c(c4sccc24)C(=O)c2ccccc2C3=O)cc1. The highest BCUT2D eigenvalue weighted by Crippen LogP contribution is 2.40. The number of ketones is 2. The van der Waals surface area contributed by atoms with Crippen molar-refractivity contribution in [2.45, 2.75) is 6.92 Å². The Bertz CT molecular complexity index is 1210. The van der Waals surface area contributed by atoms with Crippen LogP contribution in [0.3, 0.4) is 0 Å². The van der Waals surface area contributed by atoms with E-state index in [0.29, 0.717) is 22.3 Å². The topological polar surface area (TPSA) is 34.1 Å². The molecule has 1 aliphatic carbocycles. The molecule has 0 N–H and O–H groups in total. The lowest BCUT2D eigenvalue weighted by Crippen LogP contribution is -2.21. The fourth-order valence-corrected chi connectivity index (χ4v) is 4.63. The molecule has 3 heteroatoms. The third-order valence-electron chi connectivity index (χ3n) is 4.99. The van der Waals surface area contributed by atoms with Crippen LogP contribution in [-0.2, 0) is 0 Å². The predicted octanol–water partition coefficient (Wildman–Crippen LogP) is 5.65. The summed E-state index contributed by atoms with van der Waals surface area (Å²) in [5.74, 6) is -0.128. The van der Waals surface area contributed by atoms with E-state index in [9.17, 15) is 9.59 Å². The van der Waals surface area contributed by atoms with Crippen LogP contribution in [0.15, 0.2) is 66.0 Å². The summed E-state index contributed by atoms with van der Waals surface area (Å²) in [5, 5.41) is 3.01. The minimum atomic E-state index is -0.0705. The van der Waals surface area contributed by atoms with Crippen LogP contribution < -0.4 is 0 Å². The molecule has 124 valence electrons. The second-order valence-corrected chi connectivity index (χ2v) is 7.50. The zero-order valence-corrected chi connectivity index (χ0v) is 14.9. The van der Waals surface area contributed by atoms with Crippen LogP contribution in [0.4, 0.5) is 0 Å². The van der Waals surface area contributed by atoms with Crippen LogP contribution >= 0.6 is 11.3 Å². The summed E-state index contributed by atoms with van der Waals surface area (Å²) in [6, 6.07) is 19.3. The average Bonchev–Trinajstić information content (AvgIpc) is 3.15. The minimum absolute atomic E-state index is 0.0573. The zero-order valence-electron chi connectivity index (χ0n) is 14.1. The molecule has 0 amide bonds. The number of carbonyl (C=O) groups excluding carboxylic acids is 2. The van der Waals surface area contributed by atoms with E-state index in [2.05, 4.69) is 31.2 Å². The van der Waals surface area contributed by atoms with Gasteiger partial charge in [0.05, 0.1) is 5.56 Å². The Balaban J connectivity index is 1.85. The van der Waals surface area contributed by atoms with Crippen molar-refractivity contribution in [3.8, 4) is 11.1 Å². The highest BCUT2D eigenvalue weighted by molar-refractivity contribution is 7.17. The van der Waals surface area contributed by atoms with E-state index >= 15 is 0 Å². The van der Waals surface area contributed by atoms with Crippen LogP contribution in [0.5, 0.6) is 0 Å². The molecule has 0 bridgehead atoms. The highest BCUT2D eigenvalue weighted by atomic mass is 32.1. The molecule has 0 spiro atoms. The number of fused-ring (bicyclic) bond motifs is 4. The van der Waals surface area contributed by atoms with E-state index in [1.165, 1.54) is 16.9 Å². The summed E-state index contributed by atoms with van der Waals surface area (Å²) in [6.45, 7) is 2.05.